The number of rotatable bonds is 6. The van der Waals surface area contributed by atoms with E-state index in [2.05, 4.69) is 41.4 Å². The minimum Gasteiger partial charge on any atom is -0.478 e. The number of amides is 1. The van der Waals surface area contributed by atoms with E-state index in [9.17, 15) is 9.59 Å². The van der Waals surface area contributed by atoms with Crippen molar-refractivity contribution >= 4 is 11.9 Å². The molecule has 1 saturated heterocycles. The van der Waals surface area contributed by atoms with Gasteiger partial charge in [0.15, 0.2) is 0 Å². The SMILES string of the molecule is Cc1cccc(CN2CCCC[C@H]2C(=O)NC(C)c2ccc(C(=O)O)cc2)c1. The van der Waals surface area contributed by atoms with Crippen LogP contribution in [0.5, 0.6) is 0 Å². The van der Waals surface area contributed by atoms with E-state index in [-0.39, 0.29) is 23.6 Å². The molecule has 0 radical (unpaired) electrons. The highest BCUT2D eigenvalue weighted by atomic mass is 16.4. The number of carbonyl (C=O) groups is 2. The minimum absolute atomic E-state index is 0.0437. The Balaban J connectivity index is 1.65. The van der Waals surface area contributed by atoms with Crippen molar-refractivity contribution in [1.82, 2.24) is 10.2 Å². The van der Waals surface area contributed by atoms with Crippen molar-refractivity contribution in [1.29, 1.82) is 0 Å². The van der Waals surface area contributed by atoms with Crippen LogP contribution in [0.1, 0.15) is 59.3 Å². The van der Waals surface area contributed by atoms with Crippen LogP contribution in [0.2, 0.25) is 0 Å². The average molecular weight is 380 g/mol. The Labute approximate surface area is 166 Å². The van der Waals surface area contributed by atoms with Gasteiger partial charge in [0.25, 0.3) is 0 Å². The van der Waals surface area contributed by atoms with Gasteiger partial charge in [0, 0.05) is 6.54 Å². The number of carboxylic acid groups (broad SMARTS) is 1. The van der Waals surface area contributed by atoms with Crippen molar-refractivity contribution in [3.63, 3.8) is 0 Å². The molecule has 2 aromatic rings. The minimum atomic E-state index is -0.947. The number of carboxylic acids is 1. The van der Waals surface area contributed by atoms with Crippen LogP contribution in [0, 0.1) is 6.92 Å². The number of hydrogen-bond acceptors (Lipinski definition) is 3. The molecular formula is C23H28N2O3. The smallest absolute Gasteiger partial charge is 0.335 e. The summed E-state index contributed by atoms with van der Waals surface area (Å²) in [4.78, 5) is 26.2. The normalized spacial score (nSPS) is 18.4. The standard InChI is InChI=1S/C23H28N2O3/c1-16-6-5-7-18(14-16)15-25-13-4-3-8-21(25)22(26)24-17(2)19-9-11-20(12-10-19)23(27)28/h5-7,9-12,14,17,21H,3-4,8,13,15H2,1-2H3,(H,24,26)(H,27,28)/t17?,21-/m0/s1. The highest BCUT2D eigenvalue weighted by Crippen LogP contribution is 2.22. The van der Waals surface area contributed by atoms with E-state index in [4.69, 9.17) is 5.11 Å². The molecule has 0 spiro atoms. The summed E-state index contributed by atoms with van der Waals surface area (Å²) < 4.78 is 0. The molecule has 28 heavy (non-hydrogen) atoms. The molecule has 1 heterocycles. The lowest BCUT2D eigenvalue weighted by molar-refractivity contribution is -0.128. The summed E-state index contributed by atoms with van der Waals surface area (Å²) in [5.74, 6) is -0.903. The van der Waals surface area contributed by atoms with E-state index in [1.807, 2.05) is 6.92 Å². The number of nitrogens with one attached hydrogen (secondary N) is 1. The lowest BCUT2D eigenvalue weighted by atomic mass is 9.99. The van der Waals surface area contributed by atoms with Crippen molar-refractivity contribution in [2.24, 2.45) is 0 Å². The van der Waals surface area contributed by atoms with Gasteiger partial charge in [-0.1, -0.05) is 48.4 Å². The lowest BCUT2D eigenvalue weighted by Gasteiger charge is -2.35. The van der Waals surface area contributed by atoms with Crippen molar-refractivity contribution in [3.8, 4) is 0 Å². The van der Waals surface area contributed by atoms with Gasteiger partial charge in [-0.25, -0.2) is 4.79 Å². The van der Waals surface area contributed by atoms with Gasteiger partial charge < -0.3 is 10.4 Å². The second-order valence-electron chi connectivity index (χ2n) is 7.63. The molecule has 0 saturated carbocycles. The monoisotopic (exact) mass is 380 g/mol. The van der Waals surface area contributed by atoms with E-state index in [0.29, 0.717) is 0 Å². The van der Waals surface area contributed by atoms with E-state index >= 15 is 0 Å². The number of carbonyl (C=O) groups excluding carboxylic acids is 1. The van der Waals surface area contributed by atoms with Crippen LogP contribution in [-0.4, -0.2) is 34.5 Å². The summed E-state index contributed by atoms with van der Waals surface area (Å²) in [6.07, 6.45) is 3.04. The highest BCUT2D eigenvalue weighted by molar-refractivity contribution is 5.87. The van der Waals surface area contributed by atoms with Crippen LogP contribution in [-0.2, 0) is 11.3 Å². The molecule has 1 amide bonds. The molecular weight excluding hydrogens is 352 g/mol. The summed E-state index contributed by atoms with van der Waals surface area (Å²) in [6, 6.07) is 14.8. The molecule has 0 bridgehead atoms. The zero-order chi connectivity index (χ0) is 20.1. The Morgan fingerprint density at radius 3 is 2.61 bits per heavy atom. The van der Waals surface area contributed by atoms with E-state index < -0.39 is 5.97 Å². The largest absolute Gasteiger partial charge is 0.478 e. The fourth-order valence-corrected chi connectivity index (χ4v) is 3.83. The number of piperidine rings is 1. The molecule has 0 aromatic heterocycles. The third kappa shape index (κ3) is 4.98. The Morgan fingerprint density at radius 1 is 1.18 bits per heavy atom. The molecule has 0 aliphatic carbocycles. The summed E-state index contributed by atoms with van der Waals surface area (Å²) in [5, 5.41) is 12.1. The molecule has 5 heteroatoms. The second kappa shape index (κ2) is 9.02. The fraction of sp³-hybridized carbons (Fsp3) is 0.391. The van der Waals surface area contributed by atoms with Gasteiger partial charge in [-0.15, -0.1) is 0 Å². The fourth-order valence-electron chi connectivity index (χ4n) is 3.83. The van der Waals surface area contributed by atoms with Gasteiger partial charge in [-0.2, -0.15) is 0 Å². The Hall–Kier alpha value is -2.66. The van der Waals surface area contributed by atoms with Gasteiger partial charge in [-0.05, 0) is 56.5 Å². The van der Waals surface area contributed by atoms with Gasteiger partial charge in [0.05, 0.1) is 17.6 Å². The van der Waals surface area contributed by atoms with Crippen molar-refractivity contribution in [3.05, 3.63) is 70.8 Å². The third-order valence-electron chi connectivity index (χ3n) is 5.40. The van der Waals surface area contributed by atoms with Gasteiger partial charge in [0.1, 0.15) is 0 Å². The summed E-state index contributed by atoms with van der Waals surface area (Å²) >= 11 is 0. The number of aromatic carboxylic acids is 1. The van der Waals surface area contributed by atoms with Gasteiger partial charge in [-0.3, -0.25) is 9.69 Å². The molecule has 1 aliphatic heterocycles. The molecule has 1 aliphatic rings. The Morgan fingerprint density at radius 2 is 1.93 bits per heavy atom. The van der Waals surface area contributed by atoms with Crippen molar-refractivity contribution in [2.45, 2.75) is 51.7 Å². The van der Waals surface area contributed by atoms with Gasteiger partial charge >= 0.3 is 5.97 Å². The zero-order valence-electron chi connectivity index (χ0n) is 16.5. The maximum Gasteiger partial charge on any atom is 0.335 e. The number of nitrogens with zero attached hydrogens (tertiary/aromatic N) is 1. The maximum atomic E-state index is 13.0. The van der Waals surface area contributed by atoms with E-state index in [1.54, 1.807) is 24.3 Å². The van der Waals surface area contributed by atoms with Crippen LogP contribution in [0.15, 0.2) is 48.5 Å². The lowest BCUT2D eigenvalue weighted by Crippen LogP contribution is -2.49. The summed E-state index contributed by atoms with van der Waals surface area (Å²) in [5.41, 5.74) is 3.62. The Kier molecular flexibility index (Phi) is 6.47. The first-order chi connectivity index (χ1) is 13.4. The highest BCUT2D eigenvalue weighted by Gasteiger charge is 2.29. The first kappa shape index (κ1) is 20.1. The topological polar surface area (TPSA) is 69.6 Å². The maximum absolute atomic E-state index is 13.0. The number of likely N-dealkylation sites (tertiary alicyclic amines) is 1. The van der Waals surface area contributed by atoms with Crippen LogP contribution in [0.4, 0.5) is 0 Å². The van der Waals surface area contributed by atoms with Crippen LogP contribution >= 0.6 is 0 Å². The molecule has 3 rings (SSSR count). The molecule has 1 unspecified atom stereocenters. The zero-order valence-corrected chi connectivity index (χ0v) is 16.5. The van der Waals surface area contributed by atoms with Crippen molar-refractivity contribution in [2.75, 3.05) is 6.54 Å². The van der Waals surface area contributed by atoms with Crippen LogP contribution in [0.3, 0.4) is 0 Å². The predicted molar refractivity (Wildman–Crippen MR) is 109 cm³/mol. The molecule has 2 aromatic carbocycles. The molecule has 148 valence electrons. The van der Waals surface area contributed by atoms with Crippen molar-refractivity contribution < 1.29 is 14.7 Å². The van der Waals surface area contributed by atoms with Gasteiger partial charge in [0.2, 0.25) is 5.91 Å². The molecule has 2 atom stereocenters. The van der Waals surface area contributed by atoms with Crippen LogP contribution in [0.25, 0.3) is 0 Å². The average Bonchev–Trinajstić information content (AvgIpc) is 2.68. The first-order valence-corrected chi connectivity index (χ1v) is 9.87. The third-order valence-corrected chi connectivity index (χ3v) is 5.40. The number of hydrogen-bond donors (Lipinski definition) is 2. The summed E-state index contributed by atoms with van der Waals surface area (Å²) in [6.45, 7) is 5.72. The Bertz CT molecular complexity index is 832. The molecule has 1 fully saturated rings. The first-order valence-electron chi connectivity index (χ1n) is 9.87. The quantitative estimate of drug-likeness (QED) is 0.797. The predicted octanol–water partition coefficient (Wildman–Crippen LogP) is 3.93. The molecule has 2 N–H and O–H groups in total. The number of benzene rings is 2. The summed E-state index contributed by atoms with van der Waals surface area (Å²) in [7, 11) is 0. The second-order valence-corrected chi connectivity index (χ2v) is 7.63. The number of aryl methyl sites for hydroxylation is 1. The van der Waals surface area contributed by atoms with Crippen LogP contribution < -0.4 is 5.32 Å². The molecule has 5 nitrogen and oxygen atoms in total. The van der Waals surface area contributed by atoms with E-state index in [0.717, 1.165) is 37.9 Å². The van der Waals surface area contributed by atoms with E-state index in [1.165, 1.54) is 11.1 Å².